The number of carbonyl (C=O) groups is 2. The summed E-state index contributed by atoms with van der Waals surface area (Å²) in [6, 6.07) is 6.08. The fraction of sp³-hybridized carbons (Fsp3) is 0.476. The number of likely N-dealkylation sites (tertiary alicyclic amines) is 2. The van der Waals surface area contributed by atoms with Gasteiger partial charge in [-0.05, 0) is 31.5 Å². The molecule has 4 rings (SSSR count). The Bertz CT molecular complexity index is 956. The molecule has 0 spiro atoms. The lowest BCUT2D eigenvalue weighted by Crippen LogP contribution is -2.42. The number of hydrogen-bond acceptors (Lipinski definition) is 3. The van der Waals surface area contributed by atoms with Gasteiger partial charge in [0.05, 0.1) is 6.04 Å². The number of halogens is 1. The third-order valence-electron chi connectivity index (χ3n) is 5.98. The molecule has 3 atom stereocenters. The smallest absolute Gasteiger partial charge is 0.320 e. The normalized spacial score (nSPS) is 23.4. The molecule has 2 fully saturated rings. The summed E-state index contributed by atoms with van der Waals surface area (Å²) < 4.78 is 13.9. The van der Waals surface area contributed by atoms with E-state index in [2.05, 4.69) is 9.97 Å². The molecule has 1 aromatic heterocycles. The molecular weight excluding hydrogens is 373 g/mol. The second-order valence-corrected chi connectivity index (χ2v) is 8.26. The molecule has 1 N–H and O–H groups in total. The van der Waals surface area contributed by atoms with Crippen LogP contribution in [0.2, 0.25) is 0 Å². The van der Waals surface area contributed by atoms with Crippen LogP contribution in [0.3, 0.4) is 0 Å². The predicted molar refractivity (Wildman–Crippen MR) is 106 cm³/mol. The first-order valence-corrected chi connectivity index (χ1v) is 9.82. The van der Waals surface area contributed by atoms with Crippen molar-refractivity contribution in [2.75, 3.05) is 33.7 Å². The largest absolute Gasteiger partial charge is 0.346 e. The van der Waals surface area contributed by atoms with Crippen molar-refractivity contribution in [3.8, 4) is 0 Å². The van der Waals surface area contributed by atoms with Crippen LogP contribution in [0, 0.1) is 31.5 Å². The minimum Gasteiger partial charge on any atom is -0.346 e. The lowest BCUT2D eigenvalue weighted by Gasteiger charge is -2.31. The van der Waals surface area contributed by atoms with Crippen LogP contribution in [0.15, 0.2) is 24.3 Å². The third kappa shape index (κ3) is 3.36. The molecule has 3 amide bonds. The average molecular weight is 399 g/mol. The Hall–Kier alpha value is -2.90. The van der Waals surface area contributed by atoms with Crippen molar-refractivity contribution < 1.29 is 14.0 Å². The third-order valence-corrected chi connectivity index (χ3v) is 5.98. The highest BCUT2D eigenvalue weighted by Gasteiger charge is 2.50. The first-order chi connectivity index (χ1) is 13.8. The summed E-state index contributed by atoms with van der Waals surface area (Å²) in [5.41, 5.74) is 1.98. The van der Waals surface area contributed by atoms with Crippen molar-refractivity contribution in [3.63, 3.8) is 0 Å². The van der Waals surface area contributed by atoms with Crippen molar-refractivity contribution in [2.24, 2.45) is 11.8 Å². The minimum absolute atomic E-state index is 0.0602. The van der Waals surface area contributed by atoms with E-state index in [9.17, 15) is 14.0 Å². The SMILES string of the molecule is Cc1nc(C(=O)N2C[C@@H]3CN(C(=O)N(C)C)[C@H](c4cccc(F)c4)[C@@H]3C2)c(C)[nH]1. The monoisotopic (exact) mass is 399 g/mol. The first-order valence-electron chi connectivity index (χ1n) is 9.82. The van der Waals surface area contributed by atoms with Gasteiger partial charge < -0.3 is 19.7 Å². The lowest BCUT2D eigenvalue weighted by molar-refractivity contribution is 0.0760. The van der Waals surface area contributed by atoms with Crippen LogP contribution >= 0.6 is 0 Å². The number of aryl methyl sites for hydroxylation is 2. The number of fused-ring (bicyclic) bond motifs is 1. The summed E-state index contributed by atoms with van der Waals surface area (Å²) in [4.78, 5) is 38.4. The van der Waals surface area contributed by atoms with Gasteiger partial charge in [0.2, 0.25) is 0 Å². The molecule has 0 saturated carbocycles. The van der Waals surface area contributed by atoms with Gasteiger partial charge in [-0.25, -0.2) is 14.2 Å². The van der Waals surface area contributed by atoms with Crippen LogP contribution in [0.4, 0.5) is 9.18 Å². The molecule has 8 heteroatoms. The standard InChI is InChI=1S/C21H26FN5O2/c1-12-18(24-13(2)23-12)20(28)26-9-15-10-27(21(29)25(3)4)19(17(15)11-26)14-6-5-7-16(22)8-14/h5-8,15,17,19H,9-11H2,1-4H3,(H,23,24)/t15-,17-,19-/m1/s1. The predicted octanol–water partition coefficient (Wildman–Crippen LogP) is 2.59. The van der Waals surface area contributed by atoms with Crippen LogP contribution in [-0.2, 0) is 0 Å². The van der Waals surface area contributed by atoms with Crippen molar-refractivity contribution in [3.05, 3.63) is 52.9 Å². The number of rotatable bonds is 2. The number of urea groups is 1. The molecule has 29 heavy (non-hydrogen) atoms. The van der Waals surface area contributed by atoms with Crippen molar-refractivity contribution in [2.45, 2.75) is 19.9 Å². The second kappa shape index (κ2) is 7.17. The number of carbonyl (C=O) groups excluding carboxylic acids is 2. The van der Waals surface area contributed by atoms with E-state index in [1.54, 1.807) is 25.1 Å². The van der Waals surface area contributed by atoms with Gasteiger partial charge in [-0.3, -0.25) is 4.79 Å². The van der Waals surface area contributed by atoms with E-state index in [1.807, 2.05) is 29.7 Å². The van der Waals surface area contributed by atoms with Crippen LogP contribution in [-0.4, -0.2) is 70.3 Å². The molecule has 154 valence electrons. The van der Waals surface area contributed by atoms with Gasteiger partial charge in [0, 0.05) is 51.3 Å². The zero-order valence-electron chi connectivity index (χ0n) is 17.1. The van der Waals surface area contributed by atoms with Gasteiger partial charge in [-0.15, -0.1) is 0 Å². The first kappa shape index (κ1) is 19.4. The van der Waals surface area contributed by atoms with Gasteiger partial charge in [-0.1, -0.05) is 12.1 Å². The fourth-order valence-electron chi connectivity index (χ4n) is 4.75. The van der Waals surface area contributed by atoms with Gasteiger partial charge in [-0.2, -0.15) is 0 Å². The maximum absolute atomic E-state index is 13.9. The van der Waals surface area contributed by atoms with E-state index in [0.717, 1.165) is 11.3 Å². The Labute approximate surface area is 169 Å². The number of nitrogens with one attached hydrogen (secondary N) is 1. The summed E-state index contributed by atoms with van der Waals surface area (Å²) in [5.74, 6) is 0.508. The van der Waals surface area contributed by atoms with Gasteiger partial charge in [0.1, 0.15) is 17.3 Å². The number of hydrogen-bond donors (Lipinski definition) is 1. The summed E-state index contributed by atoms with van der Waals surface area (Å²) in [6.07, 6.45) is 0. The summed E-state index contributed by atoms with van der Waals surface area (Å²) >= 11 is 0. The Balaban J connectivity index is 1.63. The molecule has 3 heterocycles. The molecule has 0 unspecified atom stereocenters. The van der Waals surface area contributed by atoms with E-state index in [-0.39, 0.29) is 35.6 Å². The van der Waals surface area contributed by atoms with Crippen molar-refractivity contribution in [1.82, 2.24) is 24.7 Å². The molecule has 7 nitrogen and oxygen atoms in total. The van der Waals surface area contributed by atoms with Crippen LogP contribution in [0.5, 0.6) is 0 Å². The van der Waals surface area contributed by atoms with Crippen molar-refractivity contribution >= 4 is 11.9 Å². The number of imidazole rings is 1. The number of benzene rings is 1. The summed E-state index contributed by atoms with van der Waals surface area (Å²) in [6.45, 7) is 5.31. The minimum atomic E-state index is -0.322. The number of nitrogens with zero attached hydrogens (tertiary/aromatic N) is 4. The summed E-state index contributed by atoms with van der Waals surface area (Å²) in [5, 5.41) is 0. The van der Waals surface area contributed by atoms with Gasteiger partial charge >= 0.3 is 6.03 Å². The van der Waals surface area contributed by atoms with Crippen LogP contribution in [0.1, 0.15) is 33.6 Å². The fourth-order valence-corrected chi connectivity index (χ4v) is 4.75. The highest BCUT2D eigenvalue weighted by atomic mass is 19.1. The zero-order valence-corrected chi connectivity index (χ0v) is 17.1. The van der Waals surface area contributed by atoms with Crippen molar-refractivity contribution in [1.29, 1.82) is 0 Å². The van der Waals surface area contributed by atoms with E-state index < -0.39 is 0 Å². The highest BCUT2D eigenvalue weighted by Crippen LogP contribution is 2.45. The maximum Gasteiger partial charge on any atom is 0.320 e. The Morgan fingerprint density at radius 1 is 1.21 bits per heavy atom. The number of aromatic amines is 1. The molecule has 2 aromatic rings. The lowest BCUT2D eigenvalue weighted by atomic mass is 9.89. The molecule has 0 aliphatic carbocycles. The Morgan fingerprint density at radius 2 is 1.97 bits per heavy atom. The summed E-state index contributed by atoms with van der Waals surface area (Å²) in [7, 11) is 3.44. The van der Waals surface area contributed by atoms with Crippen LogP contribution in [0.25, 0.3) is 0 Å². The van der Waals surface area contributed by atoms with Gasteiger partial charge in [0.25, 0.3) is 5.91 Å². The highest BCUT2D eigenvalue weighted by molar-refractivity contribution is 5.93. The maximum atomic E-state index is 13.9. The van der Waals surface area contributed by atoms with E-state index >= 15 is 0 Å². The Morgan fingerprint density at radius 3 is 2.59 bits per heavy atom. The molecule has 2 saturated heterocycles. The molecule has 0 bridgehead atoms. The molecule has 2 aliphatic rings. The van der Waals surface area contributed by atoms with E-state index in [4.69, 9.17) is 0 Å². The molecule has 2 aliphatic heterocycles. The number of H-pyrrole nitrogens is 1. The molecule has 0 radical (unpaired) electrons. The Kier molecular flexibility index (Phi) is 4.80. The average Bonchev–Trinajstić information content (AvgIpc) is 3.32. The molecule has 1 aromatic carbocycles. The quantitative estimate of drug-likeness (QED) is 0.844. The van der Waals surface area contributed by atoms with Crippen LogP contribution < -0.4 is 0 Å². The zero-order chi connectivity index (χ0) is 20.9. The second-order valence-electron chi connectivity index (χ2n) is 8.26. The van der Waals surface area contributed by atoms with E-state index in [1.165, 1.54) is 12.1 Å². The topological polar surface area (TPSA) is 72.5 Å². The van der Waals surface area contributed by atoms with Gasteiger partial charge in [0.15, 0.2) is 0 Å². The molecular formula is C21H26FN5O2. The van der Waals surface area contributed by atoms with E-state index in [0.29, 0.717) is 31.2 Å². The number of aromatic nitrogens is 2. The number of amides is 3.